The van der Waals surface area contributed by atoms with E-state index in [0.29, 0.717) is 19.8 Å². The van der Waals surface area contributed by atoms with Gasteiger partial charge in [0.05, 0.1) is 19.1 Å². The lowest BCUT2D eigenvalue weighted by Gasteiger charge is -2.29. The lowest BCUT2D eigenvalue weighted by molar-refractivity contribution is -0.137. The molecule has 3 N–H and O–H groups in total. The third-order valence-corrected chi connectivity index (χ3v) is 4.73. The number of carbonyl (C=O) groups is 2. The maximum atomic E-state index is 12.3. The Morgan fingerprint density at radius 3 is 2.86 bits per heavy atom. The lowest BCUT2D eigenvalue weighted by Crippen LogP contribution is -2.50. The molecule has 0 spiro atoms. The molecule has 22 heavy (non-hydrogen) atoms. The number of thiophene rings is 1. The van der Waals surface area contributed by atoms with Crippen LogP contribution in [0.4, 0.5) is 0 Å². The van der Waals surface area contributed by atoms with E-state index in [4.69, 9.17) is 10.5 Å². The molecule has 2 rings (SSSR count). The van der Waals surface area contributed by atoms with Crippen molar-refractivity contribution in [2.24, 2.45) is 11.7 Å². The van der Waals surface area contributed by atoms with Crippen LogP contribution >= 0.6 is 11.3 Å². The van der Waals surface area contributed by atoms with Crippen molar-refractivity contribution in [3.05, 3.63) is 22.4 Å². The number of rotatable bonds is 6. The summed E-state index contributed by atoms with van der Waals surface area (Å²) in [5.74, 6) is -0.223. The molecule has 1 aliphatic rings. The zero-order valence-corrected chi connectivity index (χ0v) is 13.6. The fourth-order valence-corrected chi connectivity index (χ4v) is 3.12. The maximum absolute atomic E-state index is 12.3. The van der Waals surface area contributed by atoms with E-state index in [1.807, 2.05) is 17.5 Å². The maximum Gasteiger partial charge on any atom is 0.239 e. The van der Waals surface area contributed by atoms with Crippen LogP contribution in [0.2, 0.25) is 0 Å². The number of nitrogens with two attached hydrogens (primary N) is 1. The summed E-state index contributed by atoms with van der Waals surface area (Å²) in [5.41, 5.74) is 6.04. The Labute approximate surface area is 134 Å². The van der Waals surface area contributed by atoms with Crippen molar-refractivity contribution in [2.45, 2.75) is 25.4 Å². The van der Waals surface area contributed by atoms with Crippen LogP contribution in [0.5, 0.6) is 0 Å². The monoisotopic (exact) mass is 325 g/mol. The Bertz CT molecular complexity index is 486. The largest absolute Gasteiger partial charge is 0.381 e. The van der Waals surface area contributed by atoms with E-state index in [1.165, 1.54) is 4.90 Å². The van der Waals surface area contributed by atoms with Crippen molar-refractivity contribution in [1.82, 2.24) is 10.2 Å². The Hall–Kier alpha value is -1.44. The minimum Gasteiger partial charge on any atom is -0.381 e. The average Bonchev–Trinajstić information content (AvgIpc) is 3.05. The molecular weight excluding hydrogens is 302 g/mol. The molecule has 1 fully saturated rings. The summed E-state index contributed by atoms with van der Waals surface area (Å²) < 4.78 is 5.28. The molecule has 1 saturated heterocycles. The first-order chi connectivity index (χ1) is 10.6. The van der Waals surface area contributed by atoms with Crippen LogP contribution in [0.3, 0.4) is 0 Å². The standard InChI is InChI=1S/C15H23N3O3S/c1-18(10-13(19)17-9-12-3-2-8-22-12)15(20)14(16)11-4-6-21-7-5-11/h2-3,8,11,14H,4-7,9-10,16H2,1H3,(H,17,19). The van der Waals surface area contributed by atoms with E-state index in [-0.39, 0.29) is 24.3 Å². The minimum atomic E-state index is -0.556. The van der Waals surface area contributed by atoms with Crippen LogP contribution < -0.4 is 11.1 Å². The summed E-state index contributed by atoms with van der Waals surface area (Å²) in [5, 5.41) is 4.77. The molecule has 122 valence electrons. The summed E-state index contributed by atoms with van der Waals surface area (Å²) in [6.45, 7) is 1.82. The van der Waals surface area contributed by atoms with Gasteiger partial charge in [0.25, 0.3) is 0 Å². The van der Waals surface area contributed by atoms with Crippen molar-refractivity contribution in [2.75, 3.05) is 26.8 Å². The Morgan fingerprint density at radius 2 is 2.23 bits per heavy atom. The van der Waals surface area contributed by atoms with E-state index in [0.717, 1.165) is 17.7 Å². The highest BCUT2D eigenvalue weighted by atomic mass is 32.1. The fraction of sp³-hybridized carbons (Fsp3) is 0.600. The van der Waals surface area contributed by atoms with Gasteiger partial charge in [-0.15, -0.1) is 11.3 Å². The van der Waals surface area contributed by atoms with Gasteiger partial charge in [-0.25, -0.2) is 0 Å². The number of amides is 2. The van der Waals surface area contributed by atoms with Crippen molar-refractivity contribution in [3.63, 3.8) is 0 Å². The number of carbonyl (C=O) groups excluding carboxylic acids is 2. The van der Waals surface area contributed by atoms with Crippen molar-refractivity contribution < 1.29 is 14.3 Å². The quantitative estimate of drug-likeness (QED) is 0.801. The van der Waals surface area contributed by atoms with Crippen molar-refractivity contribution >= 4 is 23.2 Å². The Kier molecular flexibility index (Phi) is 6.35. The normalized spacial score (nSPS) is 17.0. The number of ether oxygens (including phenoxy) is 1. The van der Waals surface area contributed by atoms with Gasteiger partial charge in [0.2, 0.25) is 11.8 Å². The second-order valence-corrected chi connectivity index (χ2v) is 6.56. The van der Waals surface area contributed by atoms with Gasteiger partial charge in [0.15, 0.2) is 0 Å². The van der Waals surface area contributed by atoms with Gasteiger partial charge in [-0.3, -0.25) is 9.59 Å². The van der Waals surface area contributed by atoms with Gasteiger partial charge in [0.1, 0.15) is 0 Å². The number of nitrogens with zero attached hydrogens (tertiary/aromatic N) is 1. The van der Waals surface area contributed by atoms with Crippen molar-refractivity contribution in [3.8, 4) is 0 Å². The molecule has 7 heteroatoms. The van der Waals surface area contributed by atoms with Gasteiger partial charge in [-0.2, -0.15) is 0 Å². The molecule has 1 unspecified atom stereocenters. The van der Waals surface area contributed by atoms with Crippen LogP contribution in [-0.4, -0.2) is 49.6 Å². The summed E-state index contributed by atoms with van der Waals surface area (Å²) >= 11 is 1.59. The second-order valence-electron chi connectivity index (χ2n) is 5.53. The predicted octanol–water partition coefficient (Wildman–Crippen LogP) is 0.577. The fourth-order valence-electron chi connectivity index (χ4n) is 2.48. The molecule has 1 aromatic rings. The van der Waals surface area contributed by atoms with Gasteiger partial charge in [-0.05, 0) is 30.2 Å². The smallest absolute Gasteiger partial charge is 0.239 e. The van der Waals surface area contributed by atoms with Gasteiger partial charge in [-0.1, -0.05) is 6.07 Å². The van der Waals surface area contributed by atoms with Crippen molar-refractivity contribution in [1.29, 1.82) is 0 Å². The van der Waals surface area contributed by atoms with Crippen LogP contribution in [0.15, 0.2) is 17.5 Å². The van der Waals surface area contributed by atoms with Crippen LogP contribution in [-0.2, 0) is 20.9 Å². The molecule has 1 atom stereocenters. The Balaban J connectivity index is 1.75. The second kappa shape index (κ2) is 8.26. The third kappa shape index (κ3) is 4.79. The Morgan fingerprint density at radius 1 is 1.50 bits per heavy atom. The third-order valence-electron chi connectivity index (χ3n) is 3.86. The highest BCUT2D eigenvalue weighted by Crippen LogP contribution is 2.18. The molecule has 0 bridgehead atoms. The van der Waals surface area contributed by atoms with Crippen LogP contribution in [0.1, 0.15) is 17.7 Å². The zero-order chi connectivity index (χ0) is 15.9. The molecule has 6 nitrogen and oxygen atoms in total. The predicted molar refractivity (Wildman–Crippen MR) is 85.3 cm³/mol. The SMILES string of the molecule is CN(CC(=O)NCc1cccs1)C(=O)C(N)C1CCOCC1. The van der Waals surface area contributed by atoms with Crippen LogP contribution in [0.25, 0.3) is 0 Å². The molecule has 0 radical (unpaired) electrons. The highest BCUT2D eigenvalue weighted by molar-refractivity contribution is 7.09. The average molecular weight is 325 g/mol. The molecule has 2 heterocycles. The van der Waals surface area contributed by atoms with Crippen LogP contribution in [0, 0.1) is 5.92 Å². The highest BCUT2D eigenvalue weighted by Gasteiger charge is 2.29. The molecule has 0 aromatic carbocycles. The van der Waals surface area contributed by atoms with Gasteiger partial charge >= 0.3 is 0 Å². The molecule has 0 aliphatic carbocycles. The number of likely N-dealkylation sites (N-methyl/N-ethyl adjacent to an activating group) is 1. The topological polar surface area (TPSA) is 84.7 Å². The number of hydrogen-bond acceptors (Lipinski definition) is 5. The van der Waals surface area contributed by atoms with Gasteiger partial charge in [0, 0.05) is 25.1 Å². The van der Waals surface area contributed by atoms with E-state index in [2.05, 4.69) is 5.32 Å². The summed E-state index contributed by atoms with van der Waals surface area (Å²) in [7, 11) is 1.62. The first-order valence-electron chi connectivity index (χ1n) is 7.45. The summed E-state index contributed by atoms with van der Waals surface area (Å²) in [6, 6.07) is 3.34. The molecular formula is C15H23N3O3S. The van der Waals surface area contributed by atoms with E-state index >= 15 is 0 Å². The lowest BCUT2D eigenvalue weighted by atomic mass is 9.91. The summed E-state index contributed by atoms with van der Waals surface area (Å²) in [4.78, 5) is 26.7. The first kappa shape index (κ1) is 16.9. The first-order valence-corrected chi connectivity index (χ1v) is 8.33. The molecule has 0 saturated carbocycles. The van der Waals surface area contributed by atoms with Gasteiger partial charge < -0.3 is 20.7 Å². The molecule has 1 aliphatic heterocycles. The number of hydrogen-bond donors (Lipinski definition) is 2. The van der Waals surface area contributed by atoms with E-state index < -0.39 is 6.04 Å². The zero-order valence-electron chi connectivity index (χ0n) is 12.8. The molecule has 2 amide bonds. The summed E-state index contributed by atoms with van der Waals surface area (Å²) in [6.07, 6.45) is 1.59. The molecule has 1 aromatic heterocycles. The number of nitrogens with one attached hydrogen (secondary N) is 1. The van der Waals surface area contributed by atoms with E-state index in [1.54, 1.807) is 18.4 Å². The van der Waals surface area contributed by atoms with E-state index in [9.17, 15) is 9.59 Å². The minimum absolute atomic E-state index is 0.0289.